The van der Waals surface area contributed by atoms with Crippen molar-refractivity contribution in [1.29, 1.82) is 0 Å². The van der Waals surface area contributed by atoms with E-state index in [2.05, 4.69) is 111 Å². The van der Waals surface area contributed by atoms with Crippen LogP contribution in [0.15, 0.2) is 104 Å². The van der Waals surface area contributed by atoms with E-state index >= 15 is 0 Å². The van der Waals surface area contributed by atoms with Gasteiger partial charge < -0.3 is 19.7 Å². The summed E-state index contributed by atoms with van der Waals surface area (Å²) in [5.74, 6) is 1.00. The van der Waals surface area contributed by atoms with Crippen molar-refractivity contribution in [2.24, 2.45) is 0 Å². The van der Waals surface area contributed by atoms with E-state index in [-0.39, 0.29) is 0 Å². The van der Waals surface area contributed by atoms with Crippen LogP contribution in [0.5, 0.6) is 0 Å². The highest BCUT2D eigenvalue weighted by molar-refractivity contribution is 5.69. The predicted molar refractivity (Wildman–Crippen MR) is 136 cm³/mol. The maximum atomic E-state index is 4.47. The zero-order valence-corrected chi connectivity index (χ0v) is 19.0. The Bertz CT molecular complexity index is 1200. The fraction of sp³-hybridized carbons (Fsp3) is 0.179. The molecule has 0 atom stereocenters. The van der Waals surface area contributed by atoms with Crippen molar-refractivity contribution in [3.05, 3.63) is 115 Å². The maximum absolute atomic E-state index is 4.47. The van der Waals surface area contributed by atoms with Crippen LogP contribution in [0.25, 0.3) is 11.1 Å². The van der Waals surface area contributed by atoms with Crippen LogP contribution in [0.2, 0.25) is 0 Å². The molecule has 1 N–H and O–H groups in total. The topological polar surface area (TPSA) is 38.4 Å². The number of nitrogens with zero attached hydrogens (tertiary/aromatic N) is 4. The Morgan fingerprint density at radius 2 is 1.73 bits per heavy atom. The average molecular weight is 436 g/mol. The first-order valence-electron chi connectivity index (χ1n) is 11.3. The molecule has 3 aromatic carbocycles. The largest absolute Gasteiger partial charge is 0.364 e. The van der Waals surface area contributed by atoms with Crippen molar-refractivity contribution < 1.29 is 0 Å². The van der Waals surface area contributed by atoms with Gasteiger partial charge in [-0.25, -0.2) is 4.98 Å². The number of benzene rings is 3. The second-order valence-corrected chi connectivity index (χ2v) is 8.44. The zero-order chi connectivity index (χ0) is 22.6. The van der Waals surface area contributed by atoms with Gasteiger partial charge in [0.15, 0.2) is 0 Å². The molecule has 0 unspecified atom stereocenters. The molecule has 4 aromatic rings. The lowest BCUT2D eigenvalue weighted by Crippen LogP contribution is -2.35. The van der Waals surface area contributed by atoms with Gasteiger partial charge in [0.2, 0.25) is 0 Å². The molecule has 5 rings (SSSR count). The monoisotopic (exact) mass is 435 g/mol. The van der Waals surface area contributed by atoms with Crippen LogP contribution in [0, 0.1) is 0 Å². The van der Waals surface area contributed by atoms with Gasteiger partial charge in [-0.05, 0) is 41.0 Å². The van der Waals surface area contributed by atoms with Crippen molar-refractivity contribution in [2.45, 2.75) is 13.1 Å². The summed E-state index contributed by atoms with van der Waals surface area (Å²) in [6, 6.07) is 27.8. The number of nitrogens with one attached hydrogen (secondary N) is 1. The van der Waals surface area contributed by atoms with E-state index in [1.54, 1.807) is 6.33 Å². The number of aromatic amines is 1. The molecule has 2 heterocycles. The lowest BCUT2D eigenvalue weighted by atomic mass is 10.0. The Kier molecular flexibility index (Phi) is 5.85. The van der Waals surface area contributed by atoms with Gasteiger partial charge in [-0.2, -0.15) is 0 Å². The summed E-state index contributed by atoms with van der Waals surface area (Å²) in [5.41, 5.74) is 7.29. The van der Waals surface area contributed by atoms with Gasteiger partial charge in [0.05, 0.1) is 18.6 Å². The summed E-state index contributed by atoms with van der Waals surface area (Å²) in [6.07, 6.45) is 3.65. The summed E-state index contributed by atoms with van der Waals surface area (Å²) in [5, 5.41) is 0. The van der Waals surface area contributed by atoms with Gasteiger partial charge in [-0.3, -0.25) is 0 Å². The van der Waals surface area contributed by atoms with Gasteiger partial charge in [-0.1, -0.05) is 61.2 Å². The SMILES string of the molecule is C=C(N1CCN(Cc2cnc[nH]2)c2ccc(-c3ccccc3)cc2C1)N(C)c1ccccc1. The van der Waals surface area contributed by atoms with Crippen LogP contribution in [0.3, 0.4) is 0 Å². The summed E-state index contributed by atoms with van der Waals surface area (Å²) in [4.78, 5) is 14.5. The van der Waals surface area contributed by atoms with Crippen LogP contribution in [-0.2, 0) is 13.1 Å². The summed E-state index contributed by atoms with van der Waals surface area (Å²) in [7, 11) is 2.09. The summed E-state index contributed by atoms with van der Waals surface area (Å²) < 4.78 is 0. The fourth-order valence-corrected chi connectivity index (χ4v) is 4.45. The molecule has 0 saturated heterocycles. The minimum atomic E-state index is 0.798. The van der Waals surface area contributed by atoms with Gasteiger partial charge in [-0.15, -0.1) is 0 Å². The molecule has 0 aliphatic carbocycles. The standard InChI is InChI=1S/C28H29N5/c1-22(31(2)27-11-7-4-8-12-27)32-15-16-33(20-26-18-29-21-30-26)28-14-13-24(17-25(28)19-32)23-9-5-3-6-10-23/h3-14,17-18,21H,1,15-16,19-20H2,2H3,(H,29,30). The first-order valence-corrected chi connectivity index (χ1v) is 11.3. The lowest BCUT2D eigenvalue weighted by molar-refractivity contribution is 0.344. The quantitative estimate of drug-likeness (QED) is 0.434. The van der Waals surface area contributed by atoms with Crippen LogP contribution >= 0.6 is 0 Å². The highest BCUT2D eigenvalue weighted by Crippen LogP contribution is 2.33. The number of hydrogen-bond acceptors (Lipinski definition) is 4. The molecule has 5 heteroatoms. The number of para-hydroxylation sites is 1. The number of fused-ring (bicyclic) bond motifs is 1. The number of anilines is 2. The molecule has 5 nitrogen and oxygen atoms in total. The Morgan fingerprint density at radius 1 is 0.970 bits per heavy atom. The van der Waals surface area contributed by atoms with Crippen molar-refractivity contribution in [3.8, 4) is 11.1 Å². The summed E-state index contributed by atoms with van der Waals surface area (Å²) >= 11 is 0. The van der Waals surface area contributed by atoms with Crippen LogP contribution < -0.4 is 9.80 Å². The Labute approximate surface area is 195 Å². The van der Waals surface area contributed by atoms with Crippen molar-refractivity contribution in [2.75, 3.05) is 29.9 Å². The van der Waals surface area contributed by atoms with Crippen LogP contribution in [0.1, 0.15) is 11.3 Å². The van der Waals surface area contributed by atoms with E-state index in [0.717, 1.165) is 43.4 Å². The van der Waals surface area contributed by atoms with E-state index < -0.39 is 0 Å². The van der Waals surface area contributed by atoms with E-state index in [0.29, 0.717) is 0 Å². The third-order valence-electron chi connectivity index (χ3n) is 6.34. The van der Waals surface area contributed by atoms with E-state index in [9.17, 15) is 0 Å². The number of imidazole rings is 1. The number of hydrogen-bond donors (Lipinski definition) is 1. The maximum Gasteiger partial charge on any atom is 0.101 e. The number of rotatable bonds is 6. The smallest absolute Gasteiger partial charge is 0.101 e. The minimum absolute atomic E-state index is 0.798. The average Bonchev–Trinajstić information content (AvgIpc) is 3.32. The molecular weight excluding hydrogens is 406 g/mol. The van der Waals surface area contributed by atoms with Crippen LogP contribution in [0.4, 0.5) is 11.4 Å². The second-order valence-electron chi connectivity index (χ2n) is 8.44. The molecule has 0 saturated carbocycles. The van der Waals surface area contributed by atoms with Crippen molar-refractivity contribution >= 4 is 11.4 Å². The van der Waals surface area contributed by atoms with E-state index in [4.69, 9.17) is 0 Å². The van der Waals surface area contributed by atoms with Gasteiger partial charge in [0, 0.05) is 44.3 Å². The number of H-pyrrole nitrogens is 1. The molecule has 1 aliphatic rings. The molecule has 1 aliphatic heterocycles. The van der Waals surface area contributed by atoms with E-state index in [1.807, 2.05) is 12.3 Å². The van der Waals surface area contributed by atoms with Gasteiger partial charge in [0.25, 0.3) is 0 Å². The van der Waals surface area contributed by atoms with E-state index in [1.165, 1.54) is 22.4 Å². The highest BCUT2D eigenvalue weighted by Gasteiger charge is 2.23. The van der Waals surface area contributed by atoms with Crippen molar-refractivity contribution in [3.63, 3.8) is 0 Å². The second kappa shape index (κ2) is 9.25. The Hall–Kier alpha value is -3.99. The summed E-state index contributed by atoms with van der Waals surface area (Å²) in [6.45, 7) is 7.87. The Balaban J connectivity index is 1.48. The molecule has 166 valence electrons. The zero-order valence-electron chi connectivity index (χ0n) is 19.0. The van der Waals surface area contributed by atoms with Crippen LogP contribution in [-0.4, -0.2) is 35.0 Å². The van der Waals surface area contributed by atoms with Gasteiger partial charge >= 0.3 is 0 Å². The lowest BCUT2D eigenvalue weighted by Gasteiger charge is -2.32. The molecule has 0 fully saturated rings. The molecule has 1 aromatic heterocycles. The fourth-order valence-electron chi connectivity index (χ4n) is 4.45. The third kappa shape index (κ3) is 4.48. The minimum Gasteiger partial charge on any atom is -0.364 e. The predicted octanol–water partition coefficient (Wildman–Crippen LogP) is 5.51. The molecular formula is C28H29N5. The normalized spacial score (nSPS) is 13.4. The molecule has 0 radical (unpaired) electrons. The molecule has 0 spiro atoms. The third-order valence-corrected chi connectivity index (χ3v) is 6.34. The molecule has 0 amide bonds. The molecule has 33 heavy (non-hydrogen) atoms. The number of aromatic nitrogens is 2. The van der Waals surface area contributed by atoms with Crippen molar-refractivity contribution in [1.82, 2.24) is 14.9 Å². The van der Waals surface area contributed by atoms with Gasteiger partial charge in [0.1, 0.15) is 5.82 Å². The highest BCUT2D eigenvalue weighted by atomic mass is 15.3. The molecule has 0 bridgehead atoms. The first-order chi connectivity index (χ1) is 16.2. The first kappa shape index (κ1) is 20.9. The Morgan fingerprint density at radius 3 is 2.45 bits per heavy atom.